The number of thiophene rings is 1. The van der Waals surface area contributed by atoms with Gasteiger partial charge >= 0.3 is 5.97 Å². The lowest BCUT2D eigenvalue weighted by molar-refractivity contribution is 0.0527. The lowest BCUT2D eigenvalue weighted by atomic mass is 9.96. The van der Waals surface area contributed by atoms with Crippen molar-refractivity contribution in [1.82, 2.24) is 0 Å². The maximum atomic E-state index is 11.9. The number of nitrogen functional groups attached to an aromatic ring is 1. The average Bonchev–Trinajstić information content (AvgIpc) is 2.55. The third-order valence-electron chi connectivity index (χ3n) is 3.18. The van der Waals surface area contributed by atoms with Crippen molar-refractivity contribution in [2.45, 2.75) is 45.4 Å². The van der Waals surface area contributed by atoms with Crippen LogP contribution in [-0.2, 0) is 17.6 Å². The Bertz CT molecular complexity index is 412. The summed E-state index contributed by atoms with van der Waals surface area (Å²) in [6.45, 7) is 2.23. The third kappa shape index (κ3) is 2.63. The van der Waals surface area contributed by atoms with Gasteiger partial charge in [0.1, 0.15) is 5.00 Å². The molecule has 0 aromatic carbocycles. The van der Waals surface area contributed by atoms with Crippen molar-refractivity contribution in [1.29, 1.82) is 0 Å². The van der Waals surface area contributed by atoms with Gasteiger partial charge in [0, 0.05) is 4.88 Å². The van der Waals surface area contributed by atoms with Crippen LogP contribution >= 0.6 is 11.3 Å². The molecule has 1 aromatic heterocycles. The highest BCUT2D eigenvalue weighted by Gasteiger charge is 2.23. The van der Waals surface area contributed by atoms with Gasteiger partial charge in [-0.25, -0.2) is 4.79 Å². The van der Waals surface area contributed by atoms with Crippen molar-refractivity contribution < 1.29 is 9.53 Å². The first kappa shape index (κ1) is 12.4. The second-order valence-corrected chi connectivity index (χ2v) is 5.51. The van der Waals surface area contributed by atoms with Gasteiger partial charge < -0.3 is 10.5 Å². The monoisotopic (exact) mass is 253 g/mol. The minimum Gasteiger partial charge on any atom is -0.462 e. The summed E-state index contributed by atoms with van der Waals surface area (Å²) in [5.74, 6) is -0.247. The summed E-state index contributed by atoms with van der Waals surface area (Å²) < 4.78 is 5.09. The van der Waals surface area contributed by atoms with Crippen LogP contribution in [0.25, 0.3) is 0 Å². The summed E-state index contributed by atoms with van der Waals surface area (Å²) in [6.07, 6.45) is 6.91. The molecule has 4 heteroatoms. The number of rotatable bonds is 2. The molecule has 1 aliphatic carbocycles. The molecule has 0 atom stereocenters. The lowest BCUT2D eigenvalue weighted by Gasteiger charge is -2.10. The molecule has 1 aliphatic rings. The first-order valence-electron chi connectivity index (χ1n) is 6.31. The number of hydrogen-bond donors (Lipinski definition) is 1. The maximum Gasteiger partial charge on any atom is 0.341 e. The number of aryl methyl sites for hydroxylation is 1. The van der Waals surface area contributed by atoms with Crippen LogP contribution in [0.3, 0.4) is 0 Å². The molecule has 0 aliphatic heterocycles. The number of hydrogen-bond acceptors (Lipinski definition) is 4. The van der Waals surface area contributed by atoms with E-state index in [1.807, 2.05) is 6.92 Å². The molecule has 0 radical (unpaired) electrons. The van der Waals surface area contributed by atoms with Gasteiger partial charge in [-0.15, -0.1) is 11.3 Å². The molecular formula is C13H19NO2S. The molecular weight excluding hydrogens is 234 g/mol. The zero-order valence-corrected chi connectivity index (χ0v) is 11.1. The van der Waals surface area contributed by atoms with E-state index in [4.69, 9.17) is 10.5 Å². The third-order valence-corrected chi connectivity index (χ3v) is 4.30. The van der Waals surface area contributed by atoms with Crippen molar-refractivity contribution in [2.75, 3.05) is 12.3 Å². The zero-order valence-electron chi connectivity index (χ0n) is 10.3. The summed E-state index contributed by atoms with van der Waals surface area (Å²) >= 11 is 1.57. The molecule has 2 rings (SSSR count). The molecule has 0 bridgehead atoms. The topological polar surface area (TPSA) is 52.3 Å². The lowest BCUT2D eigenvalue weighted by Crippen LogP contribution is -2.10. The highest BCUT2D eigenvalue weighted by atomic mass is 32.1. The normalized spacial score (nSPS) is 15.8. The summed E-state index contributed by atoms with van der Waals surface area (Å²) in [6, 6.07) is 0. The minimum absolute atomic E-state index is 0.247. The van der Waals surface area contributed by atoms with Crippen LogP contribution in [0.1, 0.15) is 53.4 Å². The van der Waals surface area contributed by atoms with Gasteiger partial charge in [-0.2, -0.15) is 0 Å². The van der Waals surface area contributed by atoms with Crippen molar-refractivity contribution >= 4 is 22.3 Å². The largest absolute Gasteiger partial charge is 0.462 e. The highest BCUT2D eigenvalue weighted by Crippen LogP contribution is 2.35. The van der Waals surface area contributed by atoms with E-state index >= 15 is 0 Å². The van der Waals surface area contributed by atoms with E-state index in [0.29, 0.717) is 17.2 Å². The van der Waals surface area contributed by atoms with E-state index in [2.05, 4.69) is 0 Å². The fourth-order valence-corrected chi connectivity index (χ4v) is 3.52. The molecule has 2 N–H and O–H groups in total. The van der Waals surface area contributed by atoms with E-state index in [0.717, 1.165) is 24.8 Å². The standard InChI is InChI=1S/C13H19NO2S/c1-2-16-13(15)11-9-7-5-3-4-6-8-10(9)17-12(11)14/h2-8,14H2,1H3. The summed E-state index contributed by atoms with van der Waals surface area (Å²) in [5, 5.41) is 0.635. The van der Waals surface area contributed by atoms with Gasteiger partial charge in [-0.05, 0) is 38.2 Å². The highest BCUT2D eigenvalue weighted by molar-refractivity contribution is 7.16. The second-order valence-electron chi connectivity index (χ2n) is 4.38. The molecule has 17 heavy (non-hydrogen) atoms. The van der Waals surface area contributed by atoms with E-state index in [9.17, 15) is 4.79 Å². The summed E-state index contributed by atoms with van der Waals surface area (Å²) in [4.78, 5) is 13.2. The molecule has 0 spiro atoms. The minimum atomic E-state index is -0.247. The summed E-state index contributed by atoms with van der Waals surface area (Å²) in [5.41, 5.74) is 7.78. The molecule has 1 heterocycles. The number of fused-ring (bicyclic) bond motifs is 1. The van der Waals surface area contributed by atoms with Crippen LogP contribution in [0.5, 0.6) is 0 Å². The fraction of sp³-hybridized carbons (Fsp3) is 0.615. The van der Waals surface area contributed by atoms with Crippen LogP contribution in [0, 0.1) is 0 Å². The number of ether oxygens (including phenoxy) is 1. The predicted octanol–water partition coefficient (Wildman–Crippen LogP) is 3.17. The molecule has 1 aromatic rings. The van der Waals surface area contributed by atoms with Crippen molar-refractivity contribution in [3.8, 4) is 0 Å². The van der Waals surface area contributed by atoms with Crippen LogP contribution in [0.15, 0.2) is 0 Å². The van der Waals surface area contributed by atoms with Gasteiger partial charge in [-0.3, -0.25) is 0 Å². The van der Waals surface area contributed by atoms with Gasteiger partial charge in [0.25, 0.3) is 0 Å². The maximum absolute atomic E-state index is 11.9. The quantitative estimate of drug-likeness (QED) is 0.824. The van der Waals surface area contributed by atoms with Crippen molar-refractivity contribution in [3.63, 3.8) is 0 Å². The Kier molecular flexibility index (Phi) is 4.05. The average molecular weight is 253 g/mol. The van der Waals surface area contributed by atoms with Crippen LogP contribution < -0.4 is 5.73 Å². The zero-order chi connectivity index (χ0) is 12.3. The Labute approximate surface area is 106 Å². The van der Waals surface area contributed by atoms with Crippen LogP contribution in [-0.4, -0.2) is 12.6 Å². The van der Waals surface area contributed by atoms with Gasteiger partial charge in [0.2, 0.25) is 0 Å². The Morgan fingerprint density at radius 3 is 2.71 bits per heavy atom. The number of nitrogens with two attached hydrogens (primary N) is 1. The first-order valence-corrected chi connectivity index (χ1v) is 7.12. The number of carbonyl (C=O) groups is 1. The molecule has 94 valence electrons. The SMILES string of the molecule is CCOC(=O)c1c(N)sc2c1CCCCCC2. The van der Waals surface area contributed by atoms with Crippen LogP contribution in [0.4, 0.5) is 5.00 Å². The van der Waals surface area contributed by atoms with Gasteiger partial charge in [0.05, 0.1) is 12.2 Å². The molecule has 0 amide bonds. The van der Waals surface area contributed by atoms with Crippen molar-refractivity contribution in [2.24, 2.45) is 0 Å². The molecule has 0 fully saturated rings. The van der Waals surface area contributed by atoms with E-state index in [-0.39, 0.29) is 5.97 Å². The van der Waals surface area contributed by atoms with E-state index in [1.54, 1.807) is 11.3 Å². The van der Waals surface area contributed by atoms with Crippen LogP contribution in [0.2, 0.25) is 0 Å². The van der Waals surface area contributed by atoms with E-state index < -0.39 is 0 Å². The molecule has 0 saturated carbocycles. The molecule has 0 saturated heterocycles. The molecule has 0 unspecified atom stereocenters. The number of esters is 1. The fourth-order valence-electron chi connectivity index (χ4n) is 2.37. The number of carbonyl (C=O) groups excluding carboxylic acids is 1. The Balaban J connectivity index is 2.34. The Morgan fingerprint density at radius 1 is 1.29 bits per heavy atom. The van der Waals surface area contributed by atoms with Crippen molar-refractivity contribution in [3.05, 3.63) is 16.0 Å². The van der Waals surface area contributed by atoms with E-state index in [1.165, 1.54) is 24.1 Å². The number of anilines is 1. The smallest absolute Gasteiger partial charge is 0.341 e. The first-order chi connectivity index (χ1) is 8.24. The van der Waals surface area contributed by atoms with Gasteiger partial charge in [0.15, 0.2) is 0 Å². The second kappa shape index (κ2) is 5.54. The Hall–Kier alpha value is -1.03. The Morgan fingerprint density at radius 2 is 2.00 bits per heavy atom. The molecule has 3 nitrogen and oxygen atoms in total. The predicted molar refractivity (Wildman–Crippen MR) is 70.6 cm³/mol. The summed E-state index contributed by atoms with van der Waals surface area (Å²) in [7, 11) is 0. The van der Waals surface area contributed by atoms with Gasteiger partial charge in [-0.1, -0.05) is 12.8 Å².